The highest BCUT2D eigenvalue weighted by Gasteiger charge is 2.27. The second kappa shape index (κ2) is 3.99. The zero-order chi connectivity index (χ0) is 13.6. The van der Waals surface area contributed by atoms with Crippen molar-refractivity contribution in [2.75, 3.05) is 13.1 Å². The van der Waals surface area contributed by atoms with Crippen LogP contribution in [0.1, 0.15) is 11.7 Å². The Bertz CT molecular complexity index is 742. The van der Waals surface area contributed by atoms with Crippen molar-refractivity contribution in [3.8, 4) is 0 Å². The molecule has 0 unspecified atom stereocenters. The molecule has 0 radical (unpaired) electrons. The Morgan fingerprint density at radius 1 is 1.58 bits per heavy atom. The molecule has 0 atom stereocenters. The van der Waals surface area contributed by atoms with E-state index in [0.717, 1.165) is 6.20 Å². The summed E-state index contributed by atoms with van der Waals surface area (Å²) in [4.78, 5) is 27.8. The molecule has 2 aromatic rings. The van der Waals surface area contributed by atoms with Crippen LogP contribution in [0.2, 0.25) is 0 Å². The summed E-state index contributed by atoms with van der Waals surface area (Å²) in [7, 11) is 0. The van der Waals surface area contributed by atoms with Gasteiger partial charge in [0.15, 0.2) is 6.20 Å². The lowest BCUT2D eigenvalue weighted by Crippen LogP contribution is -2.43. The van der Waals surface area contributed by atoms with Crippen LogP contribution in [0.5, 0.6) is 0 Å². The minimum absolute atomic E-state index is 0.0324. The SMILES string of the molecule is C=Cn1c(C2CNC2)nc2c(cnn2[N+](=O)[O-])c1=O. The Morgan fingerprint density at radius 2 is 2.32 bits per heavy atom. The van der Waals surface area contributed by atoms with Crippen molar-refractivity contribution in [2.45, 2.75) is 5.92 Å². The fourth-order valence-corrected chi connectivity index (χ4v) is 2.04. The van der Waals surface area contributed by atoms with Crippen LogP contribution >= 0.6 is 0 Å². The maximum Gasteiger partial charge on any atom is 0.271 e. The van der Waals surface area contributed by atoms with Crippen molar-refractivity contribution >= 4 is 17.2 Å². The minimum Gasteiger partial charge on any atom is -0.339 e. The number of nitrogens with zero attached hydrogens (tertiary/aromatic N) is 5. The number of hydrogen-bond donors (Lipinski definition) is 1. The lowest BCUT2D eigenvalue weighted by atomic mass is 10.0. The maximum atomic E-state index is 12.2. The van der Waals surface area contributed by atoms with Gasteiger partial charge in [0.25, 0.3) is 5.56 Å². The zero-order valence-corrected chi connectivity index (χ0v) is 9.81. The number of aromatic nitrogens is 4. The number of nitro groups is 1. The first-order chi connectivity index (χ1) is 9.13. The van der Waals surface area contributed by atoms with Gasteiger partial charge in [-0.2, -0.15) is 0 Å². The van der Waals surface area contributed by atoms with Gasteiger partial charge in [0, 0.05) is 35.1 Å². The number of rotatable bonds is 3. The molecule has 19 heavy (non-hydrogen) atoms. The van der Waals surface area contributed by atoms with Crippen molar-refractivity contribution in [1.29, 1.82) is 0 Å². The lowest BCUT2D eigenvalue weighted by molar-refractivity contribution is -0.548. The van der Waals surface area contributed by atoms with Gasteiger partial charge in [-0.3, -0.25) is 9.36 Å². The summed E-state index contributed by atoms with van der Waals surface area (Å²) >= 11 is 0. The molecule has 9 nitrogen and oxygen atoms in total. The van der Waals surface area contributed by atoms with Gasteiger partial charge in [-0.15, -0.1) is 0 Å². The standard InChI is InChI=1S/C10H10N6O3/c1-2-14-8(6-3-11-4-6)13-9-7(10(14)17)5-12-15(9)16(18)19/h2,5-6,11H,1,3-4H2. The van der Waals surface area contributed by atoms with E-state index < -0.39 is 10.6 Å². The molecule has 2 aromatic heterocycles. The summed E-state index contributed by atoms with van der Waals surface area (Å²) in [5.74, 6) is 0.514. The van der Waals surface area contributed by atoms with E-state index in [1.807, 2.05) is 0 Å². The van der Waals surface area contributed by atoms with Gasteiger partial charge in [0.1, 0.15) is 11.2 Å². The number of fused-ring (bicyclic) bond motifs is 1. The minimum atomic E-state index is -0.712. The molecule has 3 heterocycles. The van der Waals surface area contributed by atoms with Crippen LogP contribution in [0.15, 0.2) is 17.6 Å². The average molecular weight is 262 g/mol. The highest BCUT2D eigenvalue weighted by Crippen LogP contribution is 2.19. The smallest absolute Gasteiger partial charge is 0.271 e. The van der Waals surface area contributed by atoms with Crippen molar-refractivity contribution in [3.63, 3.8) is 0 Å². The van der Waals surface area contributed by atoms with Crippen molar-refractivity contribution in [3.05, 3.63) is 39.1 Å². The molecule has 1 N–H and O–H groups in total. The fraction of sp³-hybridized carbons (Fsp3) is 0.300. The van der Waals surface area contributed by atoms with Crippen LogP contribution < -0.4 is 10.9 Å². The summed E-state index contributed by atoms with van der Waals surface area (Å²) in [6, 6.07) is 0. The molecule has 1 aliphatic heterocycles. The summed E-state index contributed by atoms with van der Waals surface area (Å²) in [5.41, 5.74) is -0.426. The van der Waals surface area contributed by atoms with Crippen molar-refractivity contribution in [1.82, 2.24) is 24.8 Å². The predicted octanol–water partition coefficient (Wildman–Crippen LogP) is -0.580. The van der Waals surface area contributed by atoms with Crippen molar-refractivity contribution in [2.24, 2.45) is 0 Å². The van der Waals surface area contributed by atoms with Crippen LogP contribution in [0.3, 0.4) is 0 Å². The maximum absolute atomic E-state index is 12.2. The summed E-state index contributed by atoms with van der Waals surface area (Å²) in [6.07, 6.45) is 2.52. The third-order valence-corrected chi connectivity index (χ3v) is 3.13. The molecule has 9 heteroatoms. The van der Waals surface area contributed by atoms with Crippen molar-refractivity contribution < 1.29 is 5.03 Å². The highest BCUT2D eigenvalue weighted by atomic mass is 16.7. The molecule has 0 bridgehead atoms. The van der Waals surface area contributed by atoms with Gasteiger partial charge in [-0.25, -0.2) is 4.98 Å². The predicted molar refractivity (Wildman–Crippen MR) is 66.2 cm³/mol. The van der Waals surface area contributed by atoms with E-state index in [1.54, 1.807) is 0 Å². The molecule has 98 valence electrons. The Labute approximate surface area is 106 Å². The van der Waals surface area contributed by atoms with E-state index in [-0.39, 0.29) is 17.0 Å². The summed E-state index contributed by atoms with van der Waals surface area (Å²) < 4.78 is 1.32. The quantitative estimate of drug-likeness (QED) is 0.585. The number of nitrogens with one attached hydrogen (secondary N) is 1. The highest BCUT2D eigenvalue weighted by molar-refractivity contribution is 5.73. The second-order valence-electron chi connectivity index (χ2n) is 4.19. The van der Waals surface area contributed by atoms with Crippen LogP contribution in [0.4, 0.5) is 0 Å². The fourth-order valence-electron chi connectivity index (χ4n) is 2.04. The Morgan fingerprint density at radius 3 is 2.84 bits per heavy atom. The van der Waals surface area contributed by atoms with Crippen LogP contribution in [-0.4, -0.2) is 37.6 Å². The van der Waals surface area contributed by atoms with Gasteiger partial charge in [0.2, 0.25) is 5.65 Å². The van der Waals surface area contributed by atoms with Gasteiger partial charge >= 0.3 is 0 Å². The van der Waals surface area contributed by atoms with Gasteiger partial charge < -0.3 is 15.4 Å². The first-order valence-corrected chi connectivity index (χ1v) is 5.61. The van der Waals surface area contributed by atoms with E-state index in [9.17, 15) is 14.9 Å². The van der Waals surface area contributed by atoms with E-state index in [2.05, 4.69) is 22.0 Å². The Balaban J connectivity index is 2.35. The second-order valence-corrected chi connectivity index (χ2v) is 4.19. The molecule has 0 aliphatic carbocycles. The van der Waals surface area contributed by atoms with E-state index in [1.165, 1.54) is 10.8 Å². The third kappa shape index (κ3) is 1.55. The molecular formula is C10H10N6O3. The molecule has 1 saturated heterocycles. The number of hydrogen-bond acceptors (Lipinski definition) is 6. The monoisotopic (exact) mass is 262 g/mol. The normalized spacial score (nSPS) is 15.4. The summed E-state index contributed by atoms with van der Waals surface area (Å²) in [6.45, 7) is 4.94. The van der Waals surface area contributed by atoms with Crippen LogP contribution in [-0.2, 0) is 0 Å². The first kappa shape index (κ1) is 11.5. The van der Waals surface area contributed by atoms with E-state index in [4.69, 9.17) is 0 Å². The Kier molecular flexibility index (Phi) is 2.42. The largest absolute Gasteiger partial charge is 0.339 e. The summed E-state index contributed by atoms with van der Waals surface area (Å²) in [5, 5.41) is 16.9. The third-order valence-electron chi connectivity index (χ3n) is 3.13. The molecule has 1 aliphatic rings. The molecule has 1 fully saturated rings. The van der Waals surface area contributed by atoms with E-state index >= 15 is 0 Å². The lowest BCUT2D eigenvalue weighted by Gasteiger charge is -2.27. The Hall–Kier alpha value is -2.55. The molecular weight excluding hydrogens is 252 g/mol. The van der Waals surface area contributed by atoms with Gasteiger partial charge in [-0.1, -0.05) is 6.58 Å². The molecule has 0 amide bonds. The molecule has 3 rings (SSSR count). The first-order valence-electron chi connectivity index (χ1n) is 5.61. The average Bonchev–Trinajstić information content (AvgIpc) is 2.71. The van der Waals surface area contributed by atoms with Gasteiger partial charge in [0.05, 0.1) is 5.03 Å². The van der Waals surface area contributed by atoms with Crippen LogP contribution in [0.25, 0.3) is 17.2 Å². The molecule has 0 saturated carbocycles. The van der Waals surface area contributed by atoms with E-state index in [0.29, 0.717) is 23.7 Å². The topological polar surface area (TPSA) is 108 Å². The van der Waals surface area contributed by atoms with Gasteiger partial charge in [-0.05, 0) is 0 Å². The zero-order valence-electron chi connectivity index (χ0n) is 9.81. The molecule has 0 spiro atoms. The van der Waals surface area contributed by atoms with Crippen LogP contribution in [0, 0.1) is 10.1 Å². The molecule has 0 aromatic carbocycles.